The van der Waals surface area contributed by atoms with Gasteiger partial charge in [0.15, 0.2) is 5.96 Å². The molecular weight excluding hydrogens is 282 g/mol. The average molecular weight is 307 g/mol. The fraction of sp³-hybridized carbons (Fsp3) is 0.350. The standard InChI is InChI=1S/C20H25N3/c1-3-15-8-7-11-18(12-15)22-20(21)23(4-2)19-13-16-9-5-6-10-17(16)14-19/h5-12,19H,3-4,13-14H2,1-2H3,(H2,21,22). The Morgan fingerprint density at radius 3 is 2.39 bits per heavy atom. The predicted octanol–water partition coefficient (Wildman–Crippen LogP) is 3.68. The summed E-state index contributed by atoms with van der Waals surface area (Å²) < 4.78 is 0. The zero-order valence-electron chi connectivity index (χ0n) is 14.0. The highest BCUT2D eigenvalue weighted by Gasteiger charge is 2.26. The highest BCUT2D eigenvalue weighted by atomic mass is 15.3. The van der Waals surface area contributed by atoms with Gasteiger partial charge in [0.05, 0.1) is 5.69 Å². The first-order valence-electron chi connectivity index (χ1n) is 8.47. The molecule has 0 bridgehead atoms. The topological polar surface area (TPSA) is 41.6 Å². The van der Waals surface area contributed by atoms with E-state index in [2.05, 4.69) is 60.1 Å². The van der Waals surface area contributed by atoms with Gasteiger partial charge in [-0.05, 0) is 55.0 Å². The second-order valence-corrected chi connectivity index (χ2v) is 6.11. The van der Waals surface area contributed by atoms with E-state index in [9.17, 15) is 0 Å². The molecule has 23 heavy (non-hydrogen) atoms. The summed E-state index contributed by atoms with van der Waals surface area (Å²) in [4.78, 5) is 6.90. The lowest BCUT2D eigenvalue weighted by Crippen LogP contribution is -2.45. The van der Waals surface area contributed by atoms with E-state index in [1.807, 2.05) is 12.1 Å². The van der Waals surface area contributed by atoms with Crippen molar-refractivity contribution in [3.05, 3.63) is 65.2 Å². The van der Waals surface area contributed by atoms with E-state index < -0.39 is 0 Å². The van der Waals surface area contributed by atoms with E-state index in [0.717, 1.165) is 31.5 Å². The minimum absolute atomic E-state index is 0.413. The number of rotatable bonds is 4. The van der Waals surface area contributed by atoms with Gasteiger partial charge in [0, 0.05) is 12.6 Å². The molecule has 0 radical (unpaired) electrons. The number of nitrogens with zero attached hydrogens (tertiary/aromatic N) is 2. The van der Waals surface area contributed by atoms with Crippen LogP contribution in [0.5, 0.6) is 0 Å². The summed E-state index contributed by atoms with van der Waals surface area (Å²) in [7, 11) is 0. The van der Waals surface area contributed by atoms with Crippen LogP contribution >= 0.6 is 0 Å². The zero-order valence-corrected chi connectivity index (χ0v) is 14.0. The lowest BCUT2D eigenvalue weighted by atomic mass is 10.1. The smallest absolute Gasteiger partial charge is 0.196 e. The molecule has 1 aliphatic rings. The predicted molar refractivity (Wildman–Crippen MR) is 97.1 cm³/mol. The van der Waals surface area contributed by atoms with Crippen LogP contribution in [0.15, 0.2) is 53.5 Å². The average Bonchev–Trinajstić information content (AvgIpc) is 2.99. The molecule has 0 aromatic heterocycles. The number of hydrogen-bond donors (Lipinski definition) is 1. The highest BCUT2D eigenvalue weighted by Crippen LogP contribution is 2.25. The molecule has 120 valence electrons. The molecule has 0 spiro atoms. The summed E-state index contributed by atoms with van der Waals surface area (Å²) in [6, 6.07) is 17.4. The van der Waals surface area contributed by atoms with Gasteiger partial charge in [-0.15, -0.1) is 0 Å². The van der Waals surface area contributed by atoms with Gasteiger partial charge in [0.25, 0.3) is 0 Å². The second kappa shape index (κ2) is 6.86. The number of aryl methyl sites for hydroxylation is 1. The van der Waals surface area contributed by atoms with Crippen LogP contribution in [0.4, 0.5) is 5.69 Å². The number of guanidine groups is 1. The van der Waals surface area contributed by atoms with E-state index in [1.54, 1.807) is 0 Å². The first kappa shape index (κ1) is 15.6. The Bertz CT molecular complexity index is 681. The lowest BCUT2D eigenvalue weighted by molar-refractivity contribution is 0.330. The van der Waals surface area contributed by atoms with Crippen LogP contribution in [-0.2, 0) is 19.3 Å². The molecule has 2 aromatic rings. The number of hydrogen-bond acceptors (Lipinski definition) is 1. The van der Waals surface area contributed by atoms with Gasteiger partial charge in [0.1, 0.15) is 0 Å². The fourth-order valence-electron chi connectivity index (χ4n) is 3.41. The Labute approximate surface area is 138 Å². The van der Waals surface area contributed by atoms with Crippen molar-refractivity contribution in [3.63, 3.8) is 0 Å². The Hall–Kier alpha value is -2.29. The Morgan fingerprint density at radius 1 is 1.09 bits per heavy atom. The largest absolute Gasteiger partial charge is 0.369 e. The molecule has 0 atom stereocenters. The van der Waals surface area contributed by atoms with Gasteiger partial charge >= 0.3 is 0 Å². The first-order valence-corrected chi connectivity index (χ1v) is 8.47. The van der Waals surface area contributed by atoms with Crippen LogP contribution in [0.3, 0.4) is 0 Å². The van der Waals surface area contributed by atoms with E-state index in [0.29, 0.717) is 12.0 Å². The van der Waals surface area contributed by atoms with Crippen LogP contribution < -0.4 is 5.73 Å². The monoisotopic (exact) mass is 307 g/mol. The van der Waals surface area contributed by atoms with Crippen molar-refractivity contribution in [1.29, 1.82) is 0 Å². The summed E-state index contributed by atoms with van der Waals surface area (Å²) >= 11 is 0. The van der Waals surface area contributed by atoms with Crippen LogP contribution in [0, 0.1) is 0 Å². The van der Waals surface area contributed by atoms with E-state index in [-0.39, 0.29) is 0 Å². The van der Waals surface area contributed by atoms with Crippen molar-refractivity contribution in [2.75, 3.05) is 6.54 Å². The molecule has 0 saturated carbocycles. The van der Waals surface area contributed by atoms with Crippen molar-refractivity contribution in [1.82, 2.24) is 4.90 Å². The van der Waals surface area contributed by atoms with Crippen molar-refractivity contribution in [2.45, 2.75) is 39.2 Å². The maximum atomic E-state index is 6.34. The molecule has 0 unspecified atom stereocenters. The molecule has 2 N–H and O–H groups in total. The summed E-state index contributed by atoms with van der Waals surface area (Å²) in [5.41, 5.74) is 11.5. The van der Waals surface area contributed by atoms with Gasteiger partial charge < -0.3 is 10.6 Å². The first-order chi connectivity index (χ1) is 11.2. The summed E-state index contributed by atoms with van der Waals surface area (Å²) in [5, 5.41) is 0. The van der Waals surface area contributed by atoms with Gasteiger partial charge in [-0.25, -0.2) is 4.99 Å². The number of likely N-dealkylation sites (N-methyl/N-ethyl adjacent to an activating group) is 1. The Morgan fingerprint density at radius 2 is 1.78 bits per heavy atom. The third-order valence-corrected chi connectivity index (χ3v) is 4.67. The molecule has 0 saturated heterocycles. The fourth-order valence-corrected chi connectivity index (χ4v) is 3.41. The van der Waals surface area contributed by atoms with Crippen LogP contribution in [0.2, 0.25) is 0 Å². The van der Waals surface area contributed by atoms with Crippen LogP contribution in [-0.4, -0.2) is 23.4 Å². The van der Waals surface area contributed by atoms with Gasteiger partial charge in [0.2, 0.25) is 0 Å². The molecular formula is C20H25N3. The minimum Gasteiger partial charge on any atom is -0.369 e. The summed E-state index contributed by atoms with van der Waals surface area (Å²) in [6.07, 6.45) is 3.11. The molecule has 2 aromatic carbocycles. The molecule has 0 heterocycles. The zero-order chi connectivity index (χ0) is 16.2. The SMILES string of the molecule is CCc1cccc(N=C(N)N(CC)C2Cc3ccccc3C2)c1. The summed E-state index contributed by atoms with van der Waals surface area (Å²) in [6.45, 7) is 5.18. The molecule has 3 rings (SSSR count). The van der Waals surface area contributed by atoms with Crippen LogP contribution in [0.1, 0.15) is 30.5 Å². The number of benzene rings is 2. The normalized spacial score (nSPS) is 14.8. The molecule has 0 amide bonds. The van der Waals surface area contributed by atoms with Crippen molar-refractivity contribution in [3.8, 4) is 0 Å². The quantitative estimate of drug-likeness (QED) is 0.691. The number of fused-ring (bicyclic) bond motifs is 1. The van der Waals surface area contributed by atoms with E-state index >= 15 is 0 Å². The molecule has 1 aliphatic carbocycles. The van der Waals surface area contributed by atoms with Crippen molar-refractivity contribution < 1.29 is 0 Å². The lowest BCUT2D eigenvalue weighted by Gasteiger charge is -2.28. The maximum absolute atomic E-state index is 6.34. The highest BCUT2D eigenvalue weighted by molar-refractivity contribution is 5.81. The Balaban J connectivity index is 1.79. The van der Waals surface area contributed by atoms with Gasteiger partial charge in [-0.2, -0.15) is 0 Å². The van der Waals surface area contributed by atoms with Crippen molar-refractivity contribution >= 4 is 11.6 Å². The van der Waals surface area contributed by atoms with Gasteiger partial charge in [-0.1, -0.05) is 43.3 Å². The molecule has 0 fully saturated rings. The van der Waals surface area contributed by atoms with Crippen LogP contribution in [0.25, 0.3) is 0 Å². The minimum atomic E-state index is 0.413. The molecule has 3 nitrogen and oxygen atoms in total. The molecule has 0 aliphatic heterocycles. The van der Waals surface area contributed by atoms with E-state index in [4.69, 9.17) is 5.73 Å². The third-order valence-electron chi connectivity index (χ3n) is 4.67. The number of nitrogens with two attached hydrogens (primary N) is 1. The van der Waals surface area contributed by atoms with E-state index in [1.165, 1.54) is 16.7 Å². The second-order valence-electron chi connectivity index (χ2n) is 6.11. The Kier molecular flexibility index (Phi) is 4.65. The third kappa shape index (κ3) is 3.39. The molecule has 3 heteroatoms. The summed E-state index contributed by atoms with van der Waals surface area (Å²) in [5.74, 6) is 0.624. The number of aliphatic imine (C=N–C) groups is 1. The van der Waals surface area contributed by atoms with Gasteiger partial charge in [-0.3, -0.25) is 0 Å². The van der Waals surface area contributed by atoms with Crippen molar-refractivity contribution in [2.24, 2.45) is 10.7 Å². The maximum Gasteiger partial charge on any atom is 0.196 e.